The highest BCUT2D eigenvalue weighted by atomic mass is 16.5. The Morgan fingerprint density at radius 2 is 2.00 bits per heavy atom. The Morgan fingerprint density at radius 1 is 1.19 bits per heavy atom. The summed E-state index contributed by atoms with van der Waals surface area (Å²) in [7, 11) is 0. The van der Waals surface area contributed by atoms with Crippen LogP contribution < -0.4 is 10.6 Å². The van der Waals surface area contributed by atoms with Crippen molar-refractivity contribution >= 4 is 6.03 Å². The van der Waals surface area contributed by atoms with E-state index in [0.717, 1.165) is 25.6 Å². The monoisotopic (exact) mass is 296 g/mol. The lowest BCUT2D eigenvalue weighted by molar-refractivity contribution is 0.122. The van der Waals surface area contributed by atoms with Gasteiger partial charge in [-0.2, -0.15) is 0 Å². The van der Waals surface area contributed by atoms with Gasteiger partial charge in [0.15, 0.2) is 0 Å². The summed E-state index contributed by atoms with van der Waals surface area (Å²) >= 11 is 0. The minimum Gasteiger partial charge on any atom is -0.396 e. The standard InChI is InChI=1S/C16H28N2O3/c19-9-14-12-4-5-13(8-12)15(14)18-16(20)17-6-1-7-21-10-11-2-3-11/h11-15,19H,1-10H2,(H2,17,18,20). The summed E-state index contributed by atoms with van der Waals surface area (Å²) in [6.07, 6.45) is 7.08. The van der Waals surface area contributed by atoms with Crippen LogP contribution in [0.25, 0.3) is 0 Å². The van der Waals surface area contributed by atoms with Gasteiger partial charge in [0.25, 0.3) is 0 Å². The summed E-state index contributed by atoms with van der Waals surface area (Å²) in [6, 6.07) is 0.0769. The molecule has 0 aromatic rings. The van der Waals surface area contributed by atoms with Crippen molar-refractivity contribution < 1.29 is 14.6 Å². The van der Waals surface area contributed by atoms with Gasteiger partial charge in [0.2, 0.25) is 0 Å². The summed E-state index contributed by atoms with van der Waals surface area (Å²) in [5.41, 5.74) is 0. The van der Waals surface area contributed by atoms with Crippen molar-refractivity contribution in [3.63, 3.8) is 0 Å². The molecule has 2 bridgehead atoms. The number of nitrogens with one attached hydrogen (secondary N) is 2. The number of carbonyl (C=O) groups is 1. The van der Waals surface area contributed by atoms with Crippen molar-refractivity contribution in [1.82, 2.24) is 10.6 Å². The van der Waals surface area contributed by atoms with Crippen LogP contribution in [0, 0.1) is 23.7 Å². The van der Waals surface area contributed by atoms with Gasteiger partial charge in [-0.1, -0.05) is 0 Å². The topological polar surface area (TPSA) is 70.6 Å². The summed E-state index contributed by atoms with van der Waals surface area (Å²) in [5, 5.41) is 15.5. The average Bonchev–Trinajstić information content (AvgIpc) is 3.09. The van der Waals surface area contributed by atoms with Gasteiger partial charge in [-0.05, 0) is 56.3 Å². The first-order chi connectivity index (χ1) is 10.3. The summed E-state index contributed by atoms with van der Waals surface area (Å²) < 4.78 is 5.54. The molecule has 21 heavy (non-hydrogen) atoms. The number of aliphatic hydroxyl groups excluding tert-OH is 1. The van der Waals surface area contributed by atoms with Crippen LogP contribution in [-0.4, -0.2) is 43.5 Å². The lowest BCUT2D eigenvalue weighted by Gasteiger charge is -2.30. The number of hydrogen-bond acceptors (Lipinski definition) is 3. The van der Waals surface area contributed by atoms with E-state index in [9.17, 15) is 9.90 Å². The minimum absolute atomic E-state index is 0.0896. The molecule has 5 heteroatoms. The van der Waals surface area contributed by atoms with Crippen LogP contribution in [0.5, 0.6) is 0 Å². The molecule has 2 amide bonds. The number of carbonyl (C=O) groups excluding carboxylic acids is 1. The molecule has 3 N–H and O–H groups in total. The zero-order valence-corrected chi connectivity index (χ0v) is 12.7. The van der Waals surface area contributed by atoms with E-state index < -0.39 is 0 Å². The van der Waals surface area contributed by atoms with Crippen LogP contribution in [0.2, 0.25) is 0 Å². The smallest absolute Gasteiger partial charge is 0.315 e. The fourth-order valence-electron chi connectivity index (χ4n) is 4.01. The molecule has 3 aliphatic carbocycles. The second-order valence-corrected chi connectivity index (χ2v) is 6.98. The molecule has 120 valence electrons. The van der Waals surface area contributed by atoms with Gasteiger partial charge >= 0.3 is 6.03 Å². The molecule has 0 radical (unpaired) electrons. The number of ether oxygens (including phenoxy) is 1. The molecule has 5 nitrogen and oxygen atoms in total. The highest BCUT2D eigenvalue weighted by Gasteiger charge is 2.47. The van der Waals surface area contributed by atoms with E-state index in [-0.39, 0.29) is 24.6 Å². The molecule has 0 saturated heterocycles. The molecule has 0 aromatic heterocycles. The van der Waals surface area contributed by atoms with E-state index in [4.69, 9.17) is 4.74 Å². The summed E-state index contributed by atoms with van der Waals surface area (Å²) in [6.45, 7) is 2.46. The van der Waals surface area contributed by atoms with Gasteiger partial charge in [0.05, 0.1) is 0 Å². The van der Waals surface area contributed by atoms with Crippen LogP contribution in [-0.2, 0) is 4.74 Å². The molecule has 0 heterocycles. The first-order valence-electron chi connectivity index (χ1n) is 8.51. The van der Waals surface area contributed by atoms with Crippen molar-refractivity contribution in [1.29, 1.82) is 0 Å². The third-order valence-corrected chi connectivity index (χ3v) is 5.40. The van der Waals surface area contributed by atoms with Crippen LogP contribution >= 0.6 is 0 Å². The van der Waals surface area contributed by atoms with Crippen LogP contribution in [0.1, 0.15) is 38.5 Å². The van der Waals surface area contributed by atoms with E-state index in [1.807, 2.05) is 0 Å². The number of amides is 2. The Bertz CT molecular complexity index is 359. The van der Waals surface area contributed by atoms with E-state index in [0.29, 0.717) is 18.4 Å². The molecule has 0 aromatic carbocycles. The predicted octanol–water partition coefficient (Wildman–Crippen LogP) is 1.51. The number of urea groups is 1. The molecule has 4 unspecified atom stereocenters. The Labute approximate surface area is 126 Å². The lowest BCUT2D eigenvalue weighted by atomic mass is 9.85. The van der Waals surface area contributed by atoms with Gasteiger partial charge in [0.1, 0.15) is 0 Å². The maximum Gasteiger partial charge on any atom is 0.315 e. The second-order valence-electron chi connectivity index (χ2n) is 6.98. The fourth-order valence-corrected chi connectivity index (χ4v) is 4.01. The van der Waals surface area contributed by atoms with Gasteiger partial charge in [-0.25, -0.2) is 4.79 Å². The first kappa shape index (κ1) is 15.1. The third kappa shape index (κ3) is 3.89. The predicted molar refractivity (Wildman–Crippen MR) is 79.9 cm³/mol. The average molecular weight is 296 g/mol. The summed E-state index contributed by atoms with van der Waals surface area (Å²) in [5.74, 6) is 2.24. The van der Waals surface area contributed by atoms with E-state index >= 15 is 0 Å². The van der Waals surface area contributed by atoms with E-state index in [1.165, 1.54) is 32.1 Å². The third-order valence-electron chi connectivity index (χ3n) is 5.40. The molecular weight excluding hydrogens is 268 g/mol. The Balaban J connectivity index is 1.28. The normalized spacial score (nSPS) is 34.1. The van der Waals surface area contributed by atoms with Crippen LogP contribution in [0.3, 0.4) is 0 Å². The number of rotatable bonds is 8. The maximum atomic E-state index is 11.9. The van der Waals surface area contributed by atoms with Gasteiger partial charge < -0.3 is 20.5 Å². The molecule has 3 fully saturated rings. The highest BCUT2D eigenvalue weighted by molar-refractivity contribution is 5.74. The van der Waals surface area contributed by atoms with Crippen molar-refractivity contribution in [3.05, 3.63) is 0 Å². The lowest BCUT2D eigenvalue weighted by Crippen LogP contribution is -2.49. The number of hydrogen-bond donors (Lipinski definition) is 3. The zero-order chi connectivity index (χ0) is 14.7. The molecule has 3 saturated carbocycles. The van der Waals surface area contributed by atoms with Crippen molar-refractivity contribution in [2.24, 2.45) is 23.7 Å². The van der Waals surface area contributed by atoms with Crippen molar-refractivity contribution in [3.8, 4) is 0 Å². The number of aliphatic hydroxyl groups is 1. The van der Waals surface area contributed by atoms with E-state index in [2.05, 4.69) is 10.6 Å². The minimum atomic E-state index is -0.0896. The summed E-state index contributed by atoms with van der Waals surface area (Å²) in [4.78, 5) is 11.9. The SMILES string of the molecule is O=C(NCCCOCC1CC1)NC1C2CCC(C2)C1CO. The van der Waals surface area contributed by atoms with Crippen LogP contribution in [0.15, 0.2) is 0 Å². The quantitative estimate of drug-likeness (QED) is 0.595. The molecule has 3 rings (SSSR count). The first-order valence-corrected chi connectivity index (χ1v) is 8.51. The number of fused-ring (bicyclic) bond motifs is 2. The molecule has 0 aliphatic heterocycles. The van der Waals surface area contributed by atoms with Crippen molar-refractivity contribution in [2.45, 2.75) is 44.6 Å². The maximum absolute atomic E-state index is 11.9. The van der Waals surface area contributed by atoms with Gasteiger partial charge in [0, 0.05) is 38.3 Å². The van der Waals surface area contributed by atoms with Gasteiger partial charge in [-0.3, -0.25) is 0 Å². The van der Waals surface area contributed by atoms with E-state index in [1.54, 1.807) is 0 Å². The molecule has 0 spiro atoms. The van der Waals surface area contributed by atoms with Crippen molar-refractivity contribution in [2.75, 3.05) is 26.4 Å². The largest absolute Gasteiger partial charge is 0.396 e. The molecule has 4 atom stereocenters. The van der Waals surface area contributed by atoms with Crippen LogP contribution in [0.4, 0.5) is 4.79 Å². The molecular formula is C16H28N2O3. The molecule has 3 aliphatic rings. The fraction of sp³-hybridized carbons (Fsp3) is 0.938. The zero-order valence-electron chi connectivity index (χ0n) is 12.7. The second kappa shape index (κ2) is 6.97. The Morgan fingerprint density at radius 3 is 2.76 bits per heavy atom. The Kier molecular flexibility index (Phi) is 5.01. The van der Waals surface area contributed by atoms with Gasteiger partial charge in [-0.15, -0.1) is 0 Å². The highest BCUT2D eigenvalue weighted by Crippen LogP contribution is 2.48. The Hall–Kier alpha value is -0.810.